The second-order valence-corrected chi connectivity index (χ2v) is 12.3. The molecule has 0 atom stereocenters. The van der Waals surface area contributed by atoms with Crippen LogP contribution in [0.4, 0.5) is 39.0 Å². The molecule has 356 valence electrons. The van der Waals surface area contributed by atoms with Gasteiger partial charge in [-0.15, -0.1) is 0 Å². The number of benzene rings is 5. The van der Waals surface area contributed by atoms with E-state index in [9.17, 15) is 24.8 Å². The van der Waals surface area contributed by atoms with E-state index in [1.54, 1.807) is 48.5 Å². The lowest BCUT2D eigenvalue weighted by Gasteiger charge is -1.98. The molecular formula is C40H41BrClN9O16. The highest BCUT2D eigenvalue weighted by Gasteiger charge is 2.18. The SMILES string of the molecule is COC(=O)Cl.COC(=O)Nc1nc2c(OC)cccc2o1.COc1cccc2oc(N)nc12.N#CBr.Nc1c(O)cccc1O.Nc1nc2c(O)cccc2o1.O=[N+]([O-])c1c(O)cccc1O.[HH]. The Hall–Kier alpha value is -9.09. The number of fused-ring (bicyclic) bond motifs is 3. The molecule has 0 unspecified atom stereocenters. The summed E-state index contributed by atoms with van der Waals surface area (Å²) in [5.41, 5.74) is 17.7. The lowest BCUT2D eigenvalue weighted by atomic mass is 10.3. The van der Waals surface area contributed by atoms with Gasteiger partial charge in [0.2, 0.25) is 0 Å². The number of rotatable bonds is 4. The molecule has 8 rings (SSSR count). The number of nitro benzene ring substituents is 1. The maximum atomic E-state index is 10.9. The highest BCUT2D eigenvalue weighted by atomic mass is 79.9. The molecule has 0 aliphatic heterocycles. The number of nitro groups is 1. The van der Waals surface area contributed by atoms with Crippen molar-refractivity contribution in [2.75, 3.05) is 51.0 Å². The number of carbonyl (C=O) groups excluding carboxylic acids is 2. The summed E-state index contributed by atoms with van der Waals surface area (Å²) < 4.78 is 33.8. The predicted molar refractivity (Wildman–Crippen MR) is 247 cm³/mol. The van der Waals surface area contributed by atoms with Gasteiger partial charge in [0.15, 0.2) is 44.8 Å². The fourth-order valence-electron chi connectivity index (χ4n) is 4.58. The number of anilines is 4. The van der Waals surface area contributed by atoms with Crippen molar-refractivity contribution in [1.29, 1.82) is 5.26 Å². The zero-order chi connectivity index (χ0) is 50.2. The Balaban J connectivity index is 0.000000411. The number of para-hydroxylation sites is 5. The van der Waals surface area contributed by atoms with Gasteiger partial charge in [-0.3, -0.25) is 10.1 Å². The van der Waals surface area contributed by atoms with Crippen LogP contribution in [0.15, 0.2) is 104 Å². The number of nitrogen functional groups attached to an aromatic ring is 3. The number of oxazole rings is 3. The van der Waals surface area contributed by atoms with Crippen LogP contribution in [0.3, 0.4) is 0 Å². The molecule has 67 heavy (non-hydrogen) atoms. The van der Waals surface area contributed by atoms with E-state index in [2.05, 4.69) is 57.3 Å². The van der Waals surface area contributed by atoms with E-state index in [4.69, 9.17) is 65.6 Å². The Morgan fingerprint density at radius 3 is 1.45 bits per heavy atom. The number of halogens is 2. The second-order valence-electron chi connectivity index (χ2n) is 11.6. The Labute approximate surface area is 391 Å². The molecular weight excluding hydrogens is 978 g/mol. The lowest BCUT2D eigenvalue weighted by Crippen LogP contribution is -2.10. The molecule has 0 saturated heterocycles. The molecule has 0 saturated carbocycles. The molecule has 5 aromatic carbocycles. The molecule has 0 aliphatic carbocycles. The third kappa shape index (κ3) is 16.9. The standard InChI is InChI=1S/C10H10N2O4.C8H8N2O2.C7H6N2O2.C6H5NO4.C6H7NO2.C2H3ClO2.CBrN.H2/c1-14-6-4-3-5-7-8(6)11-9(16-7)12-10(13)15-2;1-11-5-3-2-4-6-7(5)10-8(9)12-6;8-7-9-6-4(10)2-1-3-5(6)11-7;8-4-2-1-3-5(9)6(4)7(10)11;7-6-4(8)2-1-3-5(6)9;1-5-2(3)4;2-1-3;/h3-5H,1-2H3,(H,11,12,13);2-4H,1H3,(H2,9,10);1-3,10H,(H2,8,9);1-3,8-9H;1-3,8-9H,7H2;1H3;;1H. The summed E-state index contributed by atoms with van der Waals surface area (Å²) in [5.74, 6) is 0.102. The third-order valence-corrected chi connectivity index (χ3v) is 7.58. The second kappa shape index (κ2) is 27.2. The summed E-state index contributed by atoms with van der Waals surface area (Å²) in [6.45, 7) is 0. The predicted octanol–water partition coefficient (Wildman–Crippen LogP) is 8.33. The van der Waals surface area contributed by atoms with Crippen LogP contribution < -0.4 is 32.0 Å². The van der Waals surface area contributed by atoms with Crippen LogP contribution in [0.25, 0.3) is 33.3 Å². The number of ether oxygens (including phenoxy) is 4. The summed E-state index contributed by atoms with van der Waals surface area (Å²) in [6.07, 6.45) is -0.634. The number of aromatic hydroxyl groups is 5. The zero-order valence-corrected chi connectivity index (χ0v) is 37.5. The number of aromatic nitrogens is 3. The van der Waals surface area contributed by atoms with E-state index in [-0.39, 0.29) is 42.4 Å². The van der Waals surface area contributed by atoms with Gasteiger partial charge in [-0.2, -0.15) is 20.2 Å². The molecule has 12 N–H and O–H groups in total. The first-order valence-corrected chi connectivity index (χ1v) is 19.0. The van der Waals surface area contributed by atoms with Gasteiger partial charge in [0.1, 0.15) is 39.4 Å². The number of nitrogens with zero attached hydrogens (tertiary/aromatic N) is 5. The normalized spacial score (nSPS) is 9.45. The van der Waals surface area contributed by atoms with E-state index in [0.29, 0.717) is 44.8 Å². The van der Waals surface area contributed by atoms with Crippen LogP contribution in [0.5, 0.6) is 40.2 Å². The molecule has 0 bridgehead atoms. The number of carbonyl (C=O) groups is 2. The number of methoxy groups -OCH3 is 4. The van der Waals surface area contributed by atoms with E-state index in [0.717, 1.165) is 12.1 Å². The smallest absolute Gasteiger partial charge is 0.414 e. The van der Waals surface area contributed by atoms with Crippen molar-refractivity contribution in [3.8, 4) is 45.2 Å². The number of nitriles is 1. The van der Waals surface area contributed by atoms with Gasteiger partial charge in [-0.1, -0.05) is 30.3 Å². The zero-order valence-electron chi connectivity index (χ0n) is 35.1. The summed E-state index contributed by atoms with van der Waals surface area (Å²) in [5, 5.41) is 64.3. The van der Waals surface area contributed by atoms with Crippen molar-refractivity contribution in [3.63, 3.8) is 0 Å². The number of hydrogen-bond acceptors (Lipinski definition) is 23. The minimum Gasteiger partial charge on any atom is -0.506 e. The summed E-state index contributed by atoms with van der Waals surface area (Å²) >= 11 is 7.05. The van der Waals surface area contributed by atoms with E-state index in [1.165, 1.54) is 51.7 Å². The van der Waals surface area contributed by atoms with E-state index < -0.39 is 33.6 Å². The number of nitrogens with one attached hydrogen (secondary N) is 1. The lowest BCUT2D eigenvalue weighted by molar-refractivity contribution is -0.386. The fourth-order valence-corrected chi connectivity index (χ4v) is 4.58. The highest BCUT2D eigenvalue weighted by Crippen LogP contribution is 2.34. The summed E-state index contributed by atoms with van der Waals surface area (Å²) in [6, 6.07) is 23.8. The van der Waals surface area contributed by atoms with Gasteiger partial charge >= 0.3 is 23.2 Å². The average Bonchev–Trinajstić information content (AvgIpc) is 4.02. The molecule has 3 heterocycles. The Kier molecular flexibility index (Phi) is 21.9. The van der Waals surface area contributed by atoms with Crippen molar-refractivity contribution in [3.05, 3.63) is 101 Å². The van der Waals surface area contributed by atoms with Crippen molar-refractivity contribution in [2.24, 2.45) is 0 Å². The van der Waals surface area contributed by atoms with Crippen LogP contribution in [0.2, 0.25) is 0 Å². The van der Waals surface area contributed by atoms with Crippen molar-refractivity contribution < 1.29 is 73.7 Å². The minimum absolute atomic E-state index is 0. The van der Waals surface area contributed by atoms with E-state index in [1.807, 2.05) is 12.1 Å². The van der Waals surface area contributed by atoms with Crippen molar-refractivity contribution in [2.45, 2.75) is 0 Å². The van der Waals surface area contributed by atoms with Crippen LogP contribution in [0, 0.1) is 20.4 Å². The molecule has 27 heteroatoms. The van der Waals surface area contributed by atoms with Crippen LogP contribution in [-0.2, 0) is 9.47 Å². The molecule has 25 nitrogen and oxygen atoms in total. The summed E-state index contributed by atoms with van der Waals surface area (Å²) in [4.78, 5) is 43.0. The van der Waals surface area contributed by atoms with E-state index >= 15 is 0 Å². The molecule has 0 fully saturated rings. The molecule has 0 radical (unpaired) electrons. The molecule has 1 amide bonds. The number of phenols is 5. The number of nitrogens with two attached hydrogens (primary N) is 3. The number of phenolic OH excluding ortho intramolecular Hbond substituents is 5. The Morgan fingerprint density at radius 2 is 1.06 bits per heavy atom. The number of amides is 1. The fraction of sp³-hybridized carbons (Fsp3) is 0.100. The highest BCUT2D eigenvalue weighted by molar-refractivity contribution is 9.12. The monoisotopic (exact) mass is 1020 g/mol. The van der Waals surface area contributed by atoms with Gasteiger partial charge in [0, 0.05) is 29.0 Å². The molecule has 3 aromatic heterocycles. The Bertz CT molecular complexity index is 2890. The quantitative estimate of drug-likeness (QED) is 0.0263. The maximum Gasteiger partial charge on any atom is 0.414 e. The minimum atomic E-state index is -0.843. The molecule has 0 aliphatic rings. The van der Waals surface area contributed by atoms with Gasteiger partial charge in [0.25, 0.3) is 12.0 Å². The van der Waals surface area contributed by atoms with Crippen molar-refractivity contribution >= 4 is 102 Å². The van der Waals surface area contributed by atoms with Crippen LogP contribution in [-0.4, -0.2) is 85.4 Å². The van der Waals surface area contributed by atoms with Crippen LogP contribution in [0.1, 0.15) is 1.43 Å². The largest absolute Gasteiger partial charge is 0.506 e. The van der Waals surface area contributed by atoms with Gasteiger partial charge in [-0.25, -0.2) is 14.9 Å². The van der Waals surface area contributed by atoms with Gasteiger partial charge in [-0.05, 0) is 60.7 Å². The summed E-state index contributed by atoms with van der Waals surface area (Å²) in [7, 11) is 5.60. The first-order valence-electron chi connectivity index (χ1n) is 17.8. The van der Waals surface area contributed by atoms with Gasteiger partial charge < -0.3 is 74.9 Å². The third-order valence-electron chi connectivity index (χ3n) is 7.43. The first kappa shape index (κ1) is 54.0. The molecule has 0 spiro atoms. The number of hydrogen-bond donors (Lipinski definition) is 9. The maximum absolute atomic E-state index is 10.9. The van der Waals surface area contributed by atoms with Crippen molar-refractivity contribution in [1.82, 2.24) is 15.0 Å². The topological polar surface area (TPSA) is 407 Å². The van der Waals surface area contributed by atoms with Crippen LogP contribution >= 0.6 is 27.5 Å². The molecule has 8 aromatic rings. The average molecular weight is 1020 g/mol. The Morgan fingerprint density at radius 1 is 0.687 bits per heavy atom. The van der Waals surface area contributed by atoms with Gasteiger partial charge in [0.05, 0.1) is 33.4 Å². The first-order chi connectivity index (χ1) is 31.8.